The number of fused-ring (bicyclic) bond motifs is 1. The molecule has 1 saturated carbocycles. The highest BCUT2D eigenvalue weighted by Crippen LogP contribution is 2.38. The Morgan fingerprint density at radius 3 is 2.85 bits per heavy atom. The van der Waals surface area contributed by atoms with Crippen molar-refractivity contribution in [3.05, 3.63) is 23.3 Å². The number of hydrogen-bond acceptors (Lipinski definition) is 2. The summed E-state index contributed by atoms with van der Waals surface area (Å²) in [7, 11) is 0. The van der Waals surface area contributed by atoms with Crippen LogP contribution in [0.5, 0.6) is 0 Å². The Morgan fingerprint density at radius 2 is 2.00 bits per heavy atom. The summed E-state index contributed by atoms with van der Waals surface area (Å²) >= 11 is 0. The second-order valence-electron chi connectivity index (χ2n) is 4.18. The minimum Gasteiger partial charge on any atom is -0.241 e. The second kappa shape index (κ2) is 2.79. The molecule has 0 spiro atoms. The Balaban J connectivity index is 1.98. The molecule has 1 heterocycles. The third-order valence-corrected chi connectivity index (χ3v) is 3.03. The van der Waals surface area contributed by atoms with Crippen molar-refractivity contribution in [1.29, 1.82) is 0 Å². The summed E-state index contributed by atoms with van der Waals surface area (Å²) in [6, 6.07) is 0. The highest BCUT2D eigenvalue weighted by atomic mass is 14.9. The molecule has 1 fully saturated rings. The van der Waals surface area contributed by atoms with E-state index >= 15 is 0 Å². The molecule has 0 atom stereocenters. The predicted octanol–water partition coefficient (Wildman–Crippen LogP) is 2.23. The molecule has 2 aliphatic rings. The summed E-state index contributed by atoms with van der Waals surface area (Å²) in [4.78, 5) is 9.11. The van der Waals surface area contributed by atoms with Gasteiger partial charge in [-0.3, -0.25) is 0 Å². The van der Waals surface area contributed by atoms with Gasteiger partial charge in [0.2, 0.25) is 0 Å². The van der Waals surface area contributed by atoms with Gasteiger partial charge in [0.05, 0.1) is 0 Å². The van der Waals surface area contributed by atoms with Gasteiger partial charge in [0.15, 0.2) is 0 Å². The van der Waals surface area contributed by atoms with Crippen molar-refractivity contribution in [3.8, 4) is 0 Å². The Bertz CT molecular complexity index is 329. The smallest absolute Gasteiger partial charge is 0.131 e. The first-order chi connectivity index (χ1) is 6.43. The zero-order chi connectivity index (χ0) is 8.67. The highest BCUT2D eigenvalue weighted by molar-refractivity contribution is 5.22. The fraction of sp³-hybridized carbons (Fsp3) is 0.636. The molecular formula is C11H14N2. The van der Waals surface area contributed by atoms with Crippen molar-refractivity contribution in [3.63, 3.8) is 0 Å². The average Bonchev–Trinajstić information content (AvgIpc) is 3.00. The van der Waals surface area contributed by atoms with Gasteiger partial charge in [-0.25, -0.2) is 9.97 Å². The van der Waals surface area contributed by atoms with Gasteiger partial charge in [-0.15, -0.1) is 0 Å². The third kappa shape index (κ3) is 1.34. The summed E-state index contributed by atoms with van der Waals surface area (Å²) in [6.45, 7) is 0. The standard InChI is InChI=1S/C11H14N2/c1-2-4-10-9(3-1)7-12-11(13-10)8-5-6-8/h7-8H,1-6H2. The van der Waals surface area contributed by atoms with Crippen molar-refractivity contribution in [2.24, 2.45) is 0 Å². The van der Waals surface area contributed by atoms with Gasteiger partial charge in [0.1, 0.15) is 5.82 Å². The lowest BCUT2D eigenvalue weighted by Crippen LogP contribution is -2.08. The molecule has 2 heteroatoms. The van der Waals surface area contributed by atoms with E-state index in [2.05, 4.69) is 16.2 Å². The van der Waals surface area contributed by atoms with Gasteiger partial charge in [0, 0.05) is 17.8 Å². The van der Waals surface area contributed by atoms with Crippen molar-refractivity contribution in [2.45, 2.75) is 44.4 Å². The van der Waals surface area contributed by atoms with Gasteiger partial charge in [0.25, 0.3) is 0 Å². The van der Waals surface area contributed by atoms with Gasteiger partial charge in [-0.1, -0.05) is 0 Å². The molecule has 2 nitrogen and oxygen atoms in total. The van der Waals surface area contributed by atoms with Crippen LogP contribution in [-0.4, -0.2) is 9.97 Å². The summed E-state index contributed by atoms with van der Waals surface area (Å²) in [5.74, 6) is 1.81. The zero-order valence-corrected chi connectivity index (χ0v) is 7.79. The van der Waals surface area contributed by atoms with E-state index in [0.717, 1.165) is 5.82 Å². The van der Waals surface area contributed by atoms with Crippen LogP contribution in [0.15, 0.2) is 6.20 Å². The van der Waals surface area contributed by atoms with E-state index in [4.69, 9.17) is 0 Å². The molecule has 0 radical (unpaired) electrons. The lowest BCUT2D eigenvalue weighted by Gasteiger charge is -2.14. The van der Waals surface area contributed by atoms with Crippen molar-refractivity contribution >= 4 is 0 Å². The van der Waals surface area contributed by atoms with Crippen LogP contribution < -0.4 is 0 Å². The van der Waals surface area contributed by atoms with Gasteiger partial charge in [-0.2, -0.15) is 0 Å². The average molecular weight is 174 g/mol. The minimum atomic E-state index is 0.701. The van der Waals surface area contributed by atoms with Crippen LogP contribution in [0, 0.1) is 0 Å². The Labute approximate surface area is 78.4 Å². The number of aromatic nitrogens is 2. The summed E-state index contributed by atoms with van der Waals surface area (Å²) in [5.41, 5.74) is 2.74. The summed E-state index contributed by atoms with van der Waals surface area (Å²) < 4.78 is 0. The summed E-state index contributed by atoms with van der Waals surface area (Å²) in [6.07, 6.45) is 9.68. The van der Waals surface area contributed by atoms with E-state index in [0.29, 0.717) is 5.92 Å². The number of nitrogens with zero attached hydrogens (tertiary/aromatic N) is 2. The van der Waals surface area contributed by atoms with E-state index in [-0.39, 0.29) is 0 Å². The molecule has 13 heavy (non-hydrogen) atoms. The van der Waals surface area contributed by atoms with E-state index in [1.807, 2.05) is 0 Å². The third-order valence-electron chi connectivity index (χ3n) is 3.03. The first-order valence-corrected chi connectivity index (χ1v) is 5.28. The van der Waals surface area contributed by atoms with Crippen LogP contribution in [0.3, 0.4) is 0 Å². The van der Waals surface area contributed by atoms with Crippen LogP contribution in [0.1, 0.15) is 48.7 Å². The quantitative estimate of drug-likeness (QED) is 0.652. The van der Waals surface area contributed by atoms with Crippen molar-refractivity contribution in [2.75, 3.05) is 0 Å². The molecule has 0 saturated heterocycles. The Morgan fingerprint density at radius 1 is 1.15 bits per heavy atom. The Kier molecular flexibility index (Phi) is 1.61. The maximum atomic E-state index is 4.66. The highest BCUT2D eigenvalue weighted by Gasteiger charge is 2.27. The van der Waals surface area contributed by atoms with Crippen LogP contribution in [-0.2, 0) is 12.8 Å². The molecule has 1 aromatic rings. The van der Waals surface area contributed by atoms with E-state index in [9.17, 15) is 0 Å². The Hall–Kier alpha value is -0.920. The molecule has 0 amide bonds. The monoisotopic (exact) mass is 174 g/mol. The fourth-order valence-electron chi connectivity index (χ4n) is 2.03. The van der Waals surface area contributed by atoms with Crippen LogP contribution in [0.25, 0.3) is 0 Å². The number of hydrogen-bond donors (Lipinski definition) is 0. The number of aryl methyl sites for hydroxylation is 2. The SMILES string of the molecule is c1nc(C2CC2)nc2c1CCCC2. The molecule has 0 N–H and O–H groups in total. The molecule has 68 valence electrons. The lowest BCUT2D eigenvalue weighted by atomic mass is 9.97. The van der Waals surface area contributed by atoms with Crippen LogP contribution >= 0.6 is 0 Å². The van der Waals surface area contributed by atoms with Gasteiger partial charge in [-0.05, 0) is 44.1 Å². The first kappa shape index (κ1) is 7.48. The molecule has 0 unspecified atom stereocenters. The minimum absolute atomic E-state index is 0.701. The predicted molar refractivity (Wildman–Crippen MR) is 50.6 cm³/mol. The normalized spacial score (nSPS) is 21.2. The maximum Gasteiger partial charge on any atom is 0.131 e. The molecule has 2 aliphatic carbocycles. The zero-order valence-electron chi connectivity index (χ0n) is 7.79. The maximum absolute atomic E-state index is 4.66. The van der Waals surface area contributed by atoms with Crippen LogP contribution in [0.2, 0.25) is 0 Å². The molecule has 0 bridgehead atoms. The lowest BCUT2D eigenvalue weighted by molar-refractivity contribution is 0.653. The van der Waals surface area contributed by atoms with Crippen molar-refractivity contribution in [1.82, 2.24) is 9.97 Å². The molecule has 3 rings (SSSR count). The molecule has 1 aromatic heterocycles. The van der Waals surface area contributed by atoms with E-state index in [1.54, 1.807) is 0 Å². The second-order valence-corrected chi connectivity index (χ2v) is 4.18. The molecular weight excluding hydrogens is 160 g/mol. The molecule has 0 aliphatic heterocycles. The van der Waals surface area contributed by atoms with Gasteiger partial charge >= 0.3 is 0 Å². The topological polar surface area (TPSA) is 25.8 Å². The van der Waals surface area contributed by atoms with Gasteiger partial charge < -0.3 is 0 Å². The summed E-state index contributed by atoms with van der Waals surface area (Å²) in [5, 5.41) is 0. The van der Waals surface area contributed by atoms with Crippen LogP contribution in [0.4, 0.5) is 0 Å². The van der Waals surface area contributed by atoms with E-state index in [1.165, 1.54) is 49.8 Å². The van der Waals surface area contributed by atoms with E-state index < -0.39 is 0 Å². The number of rotatable bonds is 1. The molecule has 0 aromatic carbocycles. The van der Waals surface area contributed by atoms with Crippen molar-refractivity contribution < 1.29 is 0 Å². The largest absolute Gasteiger partial charge is 0.241 e. The first-order valence-electron chi connectivity index (χ1n) is 5.28. The fourth-order valence-corrected chi connectivity index (χ4v) is 2.03.